The van der Waals surface area contributed by atoms with E-state index in [4.69, 9.17) is 4.52 Å². The molecule has 1 saturated carbocycles. The zero-order valence-electron chi connectivity index (χ0n) is 15.6. The molecule has 27 heavy (non-hydrogen) atoms. The van der Waals surface area contributed by atoms with Gasteiger partial charge < -0.3 is 14.7 Å². The predicted molar refractivity (Wildman–Crippen MR) is 99.9 cm³/mol. The lowest BCUT2D eigenvalue weighted by Crippen LogP contribution is -2.55. The lowest BCUT2D eigenvalue weighted by atomic mass is 9.74. The Labute approximate surface area is 158 Å². The van der Waals surface area contributed by atoms with Gasteiger partial charge in [0.1, 0.15) is 5.76 Å². The van der Waals surface area contributed by atoms with Crippen LogP contribution in [0.1, 0.15) is 53.9 Å². The minimum Gasteiger partial charge on any atom is -0.361 e. The fourth-order valence-electron chi connectivity index (χ4n) is 4.66. The molecular formula is C21H25N3O3. The highest BCUT2D eigenvalue weighted by Gasteiger charge is 2.50. The van der Waals surface area contributed by atoms with Crippen LogP contribution in [-0.2, 0) is 11.3 Å². The molecule has 6 nitrogen and oxygen atoms in total. The van der Waals surface area contributed by atoms with Crippen molar-refractivity contribution in [2.75, 3.05) is 6.54 Å². The fourth-order valence-corrected chi connectivity index (χ4v) is 4.66. The Bertz CT molecular complexity index is 832. The summed E-state index contributed by atoms with van der Waals surface area (Å²) < 4.78 is 5.00. The summed E-state index contributed by atoms with van der Waals surface area (Å²) in [6.07, 6.45) is 4.50. The number of aromatic nitrogens is 1. The topological polar surface area (TPSA) is 75.4 Å². The summed E-state index contributed by atoms with van der Waals surface area (Å²) >= 11 is 0. The highest BCUT2D eigenvalue weighted by molar-refractivity contribution is 5.92. The van der Waals surface area contributed by atoms with Crippen molar-refractivity contribution in [1.29, 1.82) is 0 Å². The number of amides is 2. The van der Waals surface area contributed by atoms with E-state index in [1.165, 1.54) is 0 Å². The number of likely N-dealkylation sites (tertiary alicyclic amines) is 1. The number of piperidine rings is 1. The van der Waals surface area contributed by atoms with E-state index in [-0.39, 0.29) is 23.3 Å². The number of nitrogens with zero attached hydrogens (tertiary/aromatic N) is 2. The molecule has 2 atom stereocenters. The normalized spacial score (nSPS) is 24.7. The molecule has 2 heterocycles. The second-order valence-corrected chi connectivity index (χ2v) is 7.78. The molecule has 1 N–H and O–H groups in total. The Morgan fingerprint density at radius 2 is 2.15 bits per heavy atom. The molecule has 1 aliphatic carbocycles. The third-order valence-electron chi connectivity index (χ3n) is 6.05. The Balaban J connectivity index is 1.49. The number of rotatable bonds is 5. The van der Waals surface area contributed by atoms with E-state index >= 15 is 0 Å². The molecule has 6 heteroatoms. The van der Waals surface area contributed by atoms with Crippen LogP contribution in [0.3, 0.4) is 0 Å². The van der Waals surface area contributed by atoms with Crippen LogP contribution in [-0.4, -0.2) is 34.5 Å². The van der Waals surface area contributed by atoms with E-state index < -0.39 is 0 Å². The fraction of sp³-hybridized carbons (Fsp3) is 0.476. The summed E-state index contributed by atoms with van der Waals surface area (Å²) in [6.45, 7) is 2.98. The standard InChI is InChI=1S/C21H25N3O3/c1-15-12-17(23-27-15)20(26)22-14-21-10-5-8-18(21)24(19(25)9-11-21)13-16-6-3-2-4-7-16/h2-4,6-7,12,18H,5,8-11,13-14H2,1H3,(H,22,26)/t18-,21+/m1/s1. The van der Waals surface area contributed by atoms with Crippen molar-refractivity contribution in [2.45, 2.75) is 51.6 Å². The summed E-state index contributed by atoms with van der Waals surface area (Å²) in [5, 5.41) is 6.84. The first-order chi connectivity index (χ1) is 13.1. The van der Waals surface area contributed by atoms with Gasteiger partial charge in [-0.15, -0.1) is 0 Å². The van der Waals surface area contributed by atoms with E-state index in [2.05, 4.69) is 22.6 Å². The molecule has 1 aromatic carbocycles. The monoisotopic (exact) mass is 367 g/mol. The number of fused-ring (bicyclic) bond motifs is 1. The van der Waals surface area contributed by atoms with Crippen molar-refractivity contribution in [3.05, 3.63) is 53.4 Å². The van der Waals surface area contributed by atoms with Gasteiger partial charge in [-0.05, 0) is 31.7 Å². The van der Waals surface area contributed by atoms with Gasteiger partial charge in [-0.25, -0.2) is 0 Å². The molecule has 2 aliphatic rings. The maximum Gasteiger partial charge on any atom is 0.273 e. The van der Waals surface area contributed by atoms with E-state index in [1.54, 1.807) is 13.0 Å². The number of aryl methyl sites for hydroxylation is 1. The van der Waals surface area contributed by atoms with Crippen molar-refractivity contribution in [1.82, 2.24) is 15.4 Å². The highest BCUT2D eigenvalue weighted by Crippen LogP contribution is 2.48. The first kappa shape index (κ1) is 17.8. The molecular weight excluding hydrogens is 342 g/mol. The molecule has 0 spiro atoms. The Morgan fingerprint density at radius 1 is 1.33 bits per heavy atom. The molecule has 0 unspecified atom stereocenters. The van der Waals surface area contributed by atoms with Crippen LogP contribution in [0.25, 0.3) is 0 Å². The van der Waals surface area contributed by atoms with Gasteiger partial charge in [0.25, 0.3) is 5.91 Å². The van der Waals surface area contributed by atoms with Crippen molar-refractivity contribution in [3.8, 4) is 0 Å². The van der Waals surface area contributed by atoms with Gasteiger partial charge >= 0.3 is 0 Å². The number of hydrogen-bond donors (Lipinski definition) is 1. The Morgan fingerprint density at radius 3 is 2.89 bits per heavy atom. The highest BCUT2D eigenvalue weighted by atomic mass is 16.5. The zero-order chi connectivity index (χ0) is 18.9. The maximum absolute atomic E-state index is 12.7. The molecule has 4 rings (SSSR count). The minimum absolute atomic E-state index is 0.0445. The third kappa shape index (κ3) is 3.48. The van der Waals surface area contributed by atoms with Crippen LogP contribution in [0, 0.1) is 12.3 Å². The van der Waals surface area contributed by atoms with Crippen LogP contribution >= 0.6 is 0 Å². The average Bonchev–Trinajstić information content (AvgIpc) is 3.30. The number of nitrogens with one attached hydrogen (secondary N) is 1. The smallest absolute Gasteiger partial charge is 0.273 e. The molecule has 0 bridgehead atoms. The summed E-state index contributed by atoms with van der Waals surface area (Å²) in [6, 6.07) is 11.9. The average molecular weight is 367 g/mol. The second kappa shape index (κ2) is 7.18. The first-order valence-corrected chi connectivity index (χ1v) is 9.62. The van der Waals surface area contributed by atoms with Gasteiger partial charge in [-0.1, -0.05) is 41.9 Å². The van der Waals surface area contributed by atoms with Gasteiger partial charge in [0, 0.05) is 37.0 Å². The number of hydrogen-bond acceptors (Lipinski definition) is 4. The molecule has 2 amide bonds. The van der Waals surface area contributed by atoms with Crippen molar-refractivity contribution < 1.29 is 14.1 Å². The maximum atomic E-state index is 12.7. The predicted octanol–water partition coefficient (Wildman–Crippen LogP) is 3.07. The van der Waals surface area contributed by atoms with E-state index in [9.17, 15) is 9.59 Å². The lowest BCUT2D eigenvalue weighted by molar-refractivity contribution is -0.142. The second-order valence-electron chi connectivity index (χ2n) is 7.78. The molecule has 2 fully saturated rings. The van der Waals surface area contributed by atoms with Crippen molar-refractivity contribution in [3.63, 3.8) is 0 Å². The van der Waals surface area contributed by atoms with Crippen LogP contribution in [0.2, 0.25) is 0 Å². The molecule has 1 aromatic heterocycles. The SMILES string of the molecule is Cc1cc(C(=O)NC[C@@]23CCC[C@H]2N(Cc2ccccc2)C(=O)CC3)no1. The summed E-state index contributed by atoms with van der Waals surface area (Å²) in [4.78, 5) is 27.1. The summed E-state index contributed by atoms with van der Waals surface area (Å²) in [7, 11) is 0. The summed E-state index contributed by atoms with van der Waals surface area (Å²) in [5.74, 6) is 0.632. The van der Waals surface area contributed by atoms with Gasteiger partial charge in [0.2, 0.25) is 5.91 Å². The Hall–Kier alpha value is -2.63. The Kier molecular flexibility index (Phi) is 4.72. The van der Waals surface area contributed by atoms with Crippen molar-refractivity contribution >= 4 is 11.8 Å². The summed E-state index contributed by atoms with van der Waals surface area (Å²) in [5.41, 5.74) is 1.42. The van der Waals surface area contributed by atoms with Crippen LogP contribution in [0.5, 0.6) is 0 Å². The molecule has 0 radical (unpaired) electrons. The van der Waals surface area contributed by atoms with E-state index in [0.717, 1.165) is 31.2 Å². The van der Waals surface area contributed by atoms with Crippen LogP contribution in [0.15, 0.2) is 40.9 Å². The van der Waals surface area contributed by atoms with E-state index in [0.29, 0.717) is 31.0 Å². The number of carbonyl (C=O) groups is 2. The van der Waals surface area contributed by atoms with Gasteiger partial charge in [0.05, 0.1) is 0 Å². The van der Waals surface area contributed by atoms with Crippen LogP contribution < -0.4 is 5.32 Å². The largest absolute Gasteiger partial charge is 0.361 e. The van der Waals surface area contributed by atoms with Gasteiger partial charge in [0.15, 0.2) is 5.69 Å². The van der Waals surface area contributed by atoms with Gasteiger partial charge in [-0.3, -0.25) is 9.59 Å². The first-order valence-electron chi connectivity index (χ1n) is 9.62. The molecule has 2 aromatic rings. The third-order valence-corrected chi connectivity index (χ3v) is 6.05. The number of carbonyl (C=O) groups excluding carboxylic acids is 2. The van der Waals surface area contributed by atoms with Crippen LogP contribution in [0.4, 0.5) is 0 Å². The quantitative estimate of drug-likeness (QED) is 0.881. The minimum atomic E-state index is -0.210. The number of benzene rings is 1. The molecule has 142 valence electrons. The zero-order valence-corrected chi connectivity index (χ0v) is 15.6. The lowest BCUT2D eigenvalue weighted by Gasteiger charge is -2.46. The van der Waals surface area contributed by atoms with Gasteiger partial charge in [-0.2, -0.15) is 0 Å². The molecule has 1 saturated heterocycles. The molecule has 1 aliphatic heterocycles. The van der Waals surface area contributed by atoms with E-state index in [1.807, 2.05) is 23.1 Å². The van der Waals surface area contributed by atoms with Crippen molar-refractivity contribution in [2.24, 2.45) is 5.41 Å².